The molecule has 0 aromatic carbocycles. The SMILES string of the molecule is C1=CNCCC1.c1n[nH]c2c1CNC2. The number of hydrogen-bond acceptors (Lipinski definition) is 3. The number of nitrogens with zero attached hydrogens (tertiary/aromatic N) is 1. The van der Waals surface area contributed by atoms with Gasteiger partial charge in [-0.05, 0) is 19.0 Å². The highest BCUT2D eigenvalue weighted by atomic mass is 15.1. The van der Waals surface area contributed by atoms with Gasteiger partial charge in [-0.25, -0.2) is 0 Å². The molecule has 2 aliphatic heterocycles. The van der Waals surface area contributed by atoms with Gasteiger partial charge < -0.3 is 10.6 Å². The quantitative estimate of drug-likeness (QED) is 0.572. The fraction of sp³-hybridized carbons (Fsp3) is 0.500. The van der Waals surface area contributed by atoms with Crippen molar-refractivity contribution in [2.45, 2.75) is 25.9 Å². The smallest absolute Gasteiger partial charge is 0.0535 e. The summed E-state index contributed by atoms with van der Waals surface area (Å²) in [7, 11) is 0. The van der Waals surface area contributed by atoms with Crippen LogP contribution >= 0.6 is 0 Å². The number of fused-ring (bicyclic) bond motifs is 1. The highest BCUT2D eigenvalue weighted by Gasteiger charge is 2.09. The molecule has 0 radical (unpaired) electrons. The standard InChI is InChI=1S/C5H7N3.C5H9N/c1-4-2-7-8-5(4)3-6-1;1-2-4-6-5-3-1/h2,6H,1,3H2,(H,7,8);2,4,6H,1,3,5H2. The lowest BCUT2D eigenvalue weighted by molar-refractivity contribution is 0.728. The number of hydrogen-bond donors (Lipinski definition) is 3. The maximum Gasteiger partial charge on any atom is 0.0535 e. The maximum atomic E-state index is 3.88. The number of aromatic nitrogens is 2. The van der Waals surface area contributed by atoms with Crippen molar-refractivity contribution in [1.29, 1.82) is 0 Å². The van der Waals surface area contributed by atoms with Gasteiger partial charge in [0, 0.05) is 25.2 Å². The molecule has 3 heterocycles. The number of H-pyrrole nitrogens is 1. The average Bonchev–Trinajstić information content (AvgIpc) is 2.82. The van der Waals surface area contributed by atoms with Crippen LogP contribution in [0.25, 0.3) is 0 Å². The van der Waals surface area contributed by atoms with Crippen LogP contribution in [0.5, 0.6) is 0 Å². The van der Waals surface area contributed by atoms with E-state index in [2.05, 4.69) is 26.9 Å². The first kappa shape index (κ1) is 9.27. The topological polar surface area (TPSA) is 52.7 Å². The van der Waals surface area contributed by atoms with Crippen LogP contribution in [0.15, 0.2) is 18.5 Å². The average molecular weight is 192 g/mol. The van der Waals surface area contributed by atoms with Gasteiger partial charge in [0.15, 0.2) is 0 Å². The third-order valence-electron chi connectivity index (χ3n) is 2.35. The van der Waals surface area contributed by atoms with Crippen LogP contribution in [0.3, 0.4) is 0 Å². The van der Waals surface area contributed by atoms with Crippen molar-refractivity contribution in [2.75, 3.05) is 6.54 Å². The maximum absolute atomic E-state index is 3.88. The molecule has 1 aromatic heterocycles. The van der Waals surface area contributed by atoms with Gasteiger partial charge in [-0.3, -0.25) is 5.10 Å². The van der Waals surface area contributed by atoms with Crippen LogP contribution in [0.2, 0.25) is 0 Å². The fourth-order valence-electron chi connectivity index (χ4n) is 1.54. The Morgan fingerprint density at radius 2 is 2.29 bits per heavy atom. The molecule has 0 saturated carbocycles. The number of aromatic amines is 1. The summed E-state index contributed by atoms with van der Waals surface area (Å²) in [6.07, 6.45) is 8.60. The van der Waals surface area contributed by atoms with Crippen molar-refractivity contribution in [3.05, 3.63) is 29.7 Å². The summed E-state index contributed by atoms with van der Waals surface area (Å²) < 4.78 is 0. The summed E-state index contributed by atoms with van der Waals surface area (Å²) in [6, 6.07) is 0. The molecule has 4 heteroatoms. The van der Waals surface area contributed by atoms with Crippen LogP contribution < -0.4 is 10.6 Å². The molecule has 3 rings (SSSR count). The highest BCUT2D eigenvalue weighted by molar-refractivity contribution is 5.19. The van der Waals surface area contributed by atoms with E-state index in [9.17, 15) is 0 Å². The molecule has 2 aliphatic rings. The number of allylic oxidation sites excluding steroid dienone is 1. The monoisotopic (exact) mass is 192 g/mol. The van der Waals surface area contributed by atoms with Crippen molar-refractivity contribution < 1.29 is 0 Å². The Labute approximate surface area is 83.8 Å². The van der Waals surface area contributed by atoms with E-state index in [0.29, 0.717) is 0 Å². The Hall–Kier alpha value is -1.29. The predicted octanol–water partition coefficient (Wildman–Crippen LogP) is 0.896. The number of nitrogens with one attached hydrogen (secondary N) is 3. The van der Waals surface area contributed by atoms with Crippen LogP contribution in [-0.4, -0.2) is 16.7 Å². The van der Waals surface area contributed by atoms with E-state index < -0.39 is 0 Å². The normalized spacial score (nSPS) is 18.0. The van der Waals surface area contributed by atoms with E-state index in [1.165, 1.54) is 24.1 Å². The molecule has 3 N–H and O–H groups in total. The molecule has 0 fully saturated rings. The summed E-state index contributed by atoms with van der Waals surface area (Å²) in [4.78, 5) is 0. The third-order valence-corrected chi connectivity index (χ3v) is 2.35. The zero-order valence-corrected chi connectivity index (χ0v) is 8.21. The van der Waals surface area contributed by atoms with Crippen LogP contribution in [0, 0.1) is 0 Å². The molecule has 0 aliphatic carbocycles. The second-order valence-corrected chi connectivity index (χ2v) is 3.48. The molecule has 0 spiro atoms. The van der Waals surface area contributed by atoms with Crippen molar-refractivity contribution >= 4 is 0 Å². The molecule has 0 atom stereocenters. The van der Waals surface area contributed by atoms with E-state index in [4.69, 9.17) is 0 Å². The van der Waals surface area contributed by atoms with Gasteiger partial charge in [0.2, 0.25) is 0 Å². The van der Waals surface area contributed by atoms with E-state index in [1.54, 1.807) is 0 Å². The molecule has 14 heavy (non-hydrogen) atoms. The van der Waals surface area contributed by atoms with Gasteiger partial charge in [0.25, 0.3) is 0 Å². The molecule has 0 bridgehead atoms. The van der Waals surface area contributed by atoms with E-state index in [1.807, 2.05) is 12.4 Å². The Morgan fingerprint density at radius 1 is 1.29 bits per heavy atom. The molecule has 0 unspecified atom stereocenters. The third kappa shape index (κ3) is 2.35. The van der Waals surface area contributed by atoms with Crippen molar-refractivity contribution in [1.82, 2.24) is 20.8 Å². The Bertz CT molecular complexity index is 276. The van der Waals surface area contributed by atoms with Gasteiger partial charge in [-0.2, -0.15) is 5.10 Å². The molecule has 1 aromatic rings. The minimum atomic E-state index is 0.954. The molecule has 4 nitrogen and oxygen atoms in total. The summed E-state index contributed by atoms with van der Waals surface area (Å²) in [5, 5.41) is 13.1. The zero-order chi connectivity index (χ0) is 9.64. The van der Waals surface area contributed by atoms with Crippen LogP contribution in [0.4, 0.5) is 0 Å². The first-order valence-electron chi connectivity index (χ1n) is 5.07. The van der Waals surface area contributed by atoms with E-state index in [0.717, 1.165) is 19.6 Å². The summed E-state index contributed by atoms with van der Waals surface area (Å²) in [5.41, 5.74) is 2.55. The summed E-state index contributed by atoms with van der Waals surface area (Å²) in [6.45, 7) is 3.09. The van der Waals surface area contributed by atoms with E-state index >= 15 is 0 Å². The lowest BCUT2D eigenvalue weighted by Gasteiger charge is -2.02. The molecule has 0 saturated heterocycles. The van der Waals surface area contributed by atoms with Gasteiger partial charge >= 0.3 is 0 Å². The second kappa shape index (κ2) is 4.81. The first-order valence-corrected chi connectivity index (χ1v) is 5.07. The minimum Gasteiger partial charge on any atom is -0.391 e. The van der Waals surface area contributed by atoms with Crippen molar-refractivity contribution in [3.63, 3.8) is 0 Å². The predicted molar refractivity (Wildman–Crippen MR) is 55.5 cm³/mol. The summed E-state index contributed by atoms with van der Waals surface area (Å²) >= 11 is 0. The van der Waals surface area contributed by atoms with Crippen LogP contribution in [0.1, 0.15) is 24.1 Å². The van der Waals surface area contributed by atoms with Crippen LogP contribution in [-0.2, 0) is 13.1 Å². The van der Waals surface area contributed by atoms with Crippen molar-refractivity contribution in [3.8, 4) is 0 Å². The Kier molecular flexibility index (Phi) is 3.19. The lowest BCUT2D eigenvalue weighted by atomic mass is 10.2. The largest absolute Gasteiger partial charge is 0.391 e. The Morgan fingerprint density at radius 3 is 2.86 bits per heavy atom. The Balaban J connectivity index is 0.000000112. The zero-order valence-electron chi connectivity index (χ0n) is 8.21. The minimum absolute atomic E-state index is 0.954. The fourth-order valence-corrected chi connectivity index (χ4v) is 1.54. The van der Waals surface area contributed by atoms with E-state index in [-0.39, 0.29) is 0 Å². The lowest BCUT2D eigenvalue weighted by Crippen LogP contribution is -2.09. The molecule has 76 valence electrons. The molecular weight excluding hydrogens is 176 g/mol. The van der Waals surface area contributed by atoms with Gasteiger partial charge in [-0.15, -0.1) is 0 Å². The van der Waals surface area contributed by atoms with Gasteiger partial charge in [0.05, 0.1) is 11.9 Å². The molecule has 0 amide bonds. The van der Waals surface area contributed by atoms with Gasteiger partial charge in [-0.1, -0.05) is 6.08 Å². The summed E-state index contributed by atoms with van der Waals surface area (Å²) in [5.74, 6) is 0. The molecular formula is C10H16N4. The highest BCUT2D eigenvalue weighted by Crippen LogP contribution is 2.09. The van der Waals surface area contributed by atoms with Crippen molar-refractivity contribution in [2.24, 2.45) is 0 Å². The van der Waals surface area contributed by atoms with Gasteiger partial charge in [0.1, 0.15) is 0 Å². The first-order chi connectivity index (χ1) is 6.97. The second-order valence-electron chi connectivity index (χ2n) is 3.48. The number of rotatable bonds is 0.